The van der Waals surface area contributed by atoms with Crippen molar-refractivity contribution in [1.82, 2.24) is 4.98 Å². The van der Waals surface area contributed by atoms with Crippen LogP contribution in [0.25, 0.3) is 0 Å². The Labute approximate surface area is 136 Å². The number of hydrogen-bond donors (Lipinski definition) is 2. The van der Waals surface area contributed by atoms with Crippen LogP contribution < -0.4 is 5.73 Å². The molecule has 0 aliphatic heterocycles. The molecule has 0 bridgehead atoms. The van der Waals surface area contributed by atoms with Gasteiger partial charge in [-0.3, -0.25) is 10.1 Å². The second-order valence-corrected chi connectivity index (χ2v) is 5.67. The van der Waals surface area contributed by atoms with E-state index in [2.05, 4.69) is 15.2 Å². The number of rotatable bonds is 6. The van der Waals surface area contributed by atoms with Crippen molar-refractivity contribution in [2.75, 3.05) is 12.3 Å². The second-order valence-electron chi connectivity index (χ2n) is 4.84. The molecular weight excluding hydrogens is 318 g/mol. The van der Waals surface area contributed by atoms with E-state index in [1.54, 1.807) is 6.92 Å². The highest BCUT2D eigenvalue weighted by Gasteiger charge is 2.17. The average Bonchev–Trinajstić information content (AvgIpc) is 3.00. The molecule has 2 aromatic rings. The lowest BCUT2D eigenvalue weighted by Gasteiger charge is -2.14. The number of nitrogen functional groups attached to an aromatic ring is 1. The average molecular weight is 335 g/mol. The van der Waals surface area contributed by atoms with Gasteiger partial charge in [0.2, 0.25) is 0 Å². The molecule has 0 fully saturated rings. The summed E-state index contributed by atoms with van der Waals surface area (Å²) >= 11 is 0.900. The molecule has 0 aliphatic carbocycles. The largest absolute Gasteiger partial charge is 0.398 e. The summed E-state index contributed by atoms with van der Waals surface area (Å²) in [6, 6.07) is 1.85. The number of nitrogens with zero attached hydrogens (tertiary/aromatic N) is 4. The zero-order valence-electron chi connectivity index (χ0n) is 12.8. The number of nitrogens with two attached hydrogens (primary N) is 1. The third-order valence-corrected chi connectivity index (χ3v) is 4.27. The Morgan fingerprint density at radius 3 is 2.83 bits per heavy atom. The molecule has 1 aromatic heterocycles. The molecule has 0 saturated heterocycles. The van der Waals surface area contributed by atoms with Gasteiger partial charge in [-0.05, 0) is 53.9 Å². The minimum absolute atomic E-state index is 0.0164. The Morgan fingerprint density at radius 1 is 1.48 bits per heavy atom. The van der Waals surface area contributed by atoms with Crippen molar-refractivity contribution in [1.29, 1.82) is 0 Å². The van der Waals surface area contributed by atoms with Gasteiger partial charge in [0.05, 0.1) is 16.1 Å². The summed E-state index contributed by atoms with van der Waals surface area (Å²) in [7, 11) is 0. The van der Waals surface area contributed by atoms with Gasteiger partial charge in [0.25, 0.3) is 5.82 Å². The molecule has 0 unspecified atom stereocenters. The van der Waals surface area contributed by atoms with Crippen molar-refractivity contribution >= 4 is 33.5 Å². The van der Waals surface area contributed by atoms with Crippen LogP contribution in [0.3, 0.4) is 0 Å². The summed E-state index contributed by atoms with van der Waals surface area (Å²) in [5.41, 5.74) is 11.2. The first kappa shape index (κ1) is 17.0. The molecule has 122 valence electrons. The van der Waals surface area contributed by atoms with Crippen LogP contribution in [0.2, 0.25) is 0 Å². The molecule has 8 nitrogen and oxygen atoms in total. The lowest BCUT2D eigenvalue weighted by molar-refractivity contribution is -0.379. The van der Waals surface area contributed by atoms with Gasteiger partial charge in [0, 0.05) is 12.3 Å². The number of hydrogen-bond acceptors (Lipinski definition) is 8. The van der Waals surface area contributed by atoms with Crippen molar-refractivity contribution in [3.05, 3.63) is 38.4 Å². The van der Waals surface area contributed by atoms with Crippen LogP contribution in [0.1, 0.15) is 23.6 Å². The van der Waals surface area contributed by atoms with Crippen LogP contribution >= 0.6 is 11.3 Å². The first-order valence-electron chi connectivity index (χ1n) is 7.00. The maximum absolute atomic E-state index is 10.9. The van der Waals surface area contributed by atoms with Crippen molar-refractivity contribution < 1.29 is 10.0 Å². The number of aryl methyl sites for hydroxylation is 1. The Hall–Kier alpha value is -2.39. The molecule has 2 rings (SSSR count). The van der Waals surface area contributed by atoms with E-state index in [-0.39, 0.29) is 17.4 Å². The van der Waals surface area contributed by atoms with Gasteiger partial charge in [-0.1, -0.05) is 6.92 Å². The molecule has 0 amide bonds. The molecule has 0 atom stereocenters. The number of aliphatic hydroxyl groups excluding tert-OH is 1. The van der Waals surface area contributed by atoms with Gasteiger partial charge in [-0.25, -0.2) is 4.98 Å². The van der Waals surface area contributed by atoms with Crippen molar-refractivity contribution in [3.63, 3.8) is 0 Å². The number of benzene rings is 1. The minimum Gasteiger partial charge on any atom is -0.398 e. The van der Waals surface area contributed by atoms with Crippen molar-refractivity contribution in [2.45, 2.75) is 26.7 Å². The maximum Gasteiger partial charge on any atom is 0.371 e. The lowest BCUT2D eigenvalue weighted by atomic mass is 9.96. The van der Waals surface area contributed by atoms with Crippen LogP contribution in [0, 0.1) is 17.0 Å². The summed E-state index contributed by atoms with van der Waals surface area (Å²) in [5.74, 6) is -0.0181. The van der Waals surface area contributed by atoms with E-state index in [4.69, 9.17) is 10.8 Å². The number of aliphatic hydroxyl groups is 1. The number of azo groups is 1. The van der Waals surface area contributed by atoms with Gasteiger partial charge in [0.1, 0.15) is 0 Å². The number of aromatic nitrogens is 1. The van der Waals surface area contributed by atoms with Crippen LogP contribution in [0.15, 0.2) is 21.8 Å². The second kappa shape index (κ2) is 7.25. The quantitative estimate of drug-likeness (QED) is 0.362. The predicted molar refractivity (Wildman–Crippen MR) is 88.7 cm³/mol. The summed E-state index contributed by atoms with van der Waals surface area (Å²) < 4.78 is 0. The van der Waals surface area contributed by atoms with Crippen molar-refractivity contribution in [3.8, 4) is 0 Å². The molecule has 0 saturated carbocycles. The molecule has 23 heavy (non-hydrogen) atoms. The Morgan fingerprint density at radius 2 is 2.22 bits per heavy atom. The van der Waals surface area contributed by atoms with E-state index in [9.17, 15) is 10.1 Å². The Bertz CT molecular complexity index is 757. The fraction of sp³-hybridized carbons (Fsp3) is 0.357. The molecule has 0 radical (unpaired) electrons. The molecule has 1 heterocycles. The molecule has 1 aromatic carbocycles. The summed E-state index contributed by atoms with van der Waals surface area (Å²) in [6.45, 7) is 3.80. The predicted octanol–water partition coefficient (Wildman–Crippen LogP) is 3.45. The van der Waals surface area contributed by atoms with E-state index >= 15 is 0 Å². The smallest absolute Gasteiger partial charge is 0.371 e. The van der Waals surface area contributed by atoms with Gasteiger partial charge >= 0.3 is 5.00 Å². The zero-order chi connectivity index (χ0) is 17.0. The standard InChI is InChI=1S/C14H17N5O3S/c1-3-9-6-11(8(2)12(15)10(9)4-5-20)17-18-13-14(19(21)22)23-7-16-13/h6-7,20H,3-5,15H2,1-2H3. The third kappa shape index (κ3) is 3.51. The van der Waals surface area contributed by atoms with Crippen LogP contribution in [-0.2, 0) is 12.8 Å². The first-order chi connectivity index (χ1) is 11.0. The third-order valence-electron chi connectivity index (χ3n) is 3.50. The number of thiazole rings is 1. The number of anilines is 1. The Kier molecular flexibility index (Phi) is 5.35. The normalized spacial score (nSPS) is 11.3. The fourth-order valence-electron chi connectivity index (χ4n) is 2.25. The molecular formula is C14H17N5O3S. The van der Waals surface area contributed by atoms with Crippen LogP contribution in [0.5, 0.6) is 0 Å². The SMILES string of the molecule is CCc1cc(N=Nc2ncsc2[N+](=O)[O-])c(C)c(N)c1CCO. The lowest BCUT2D eigenvalue weighted by Crippen LogP contribution is -2.04. The van der Waals surface area contributed by atoms with E-state index in [1.165, 1.54) is 5.51 Å². The topological polar surface area (TPSA) is 127 Å². The highest BCUT2D eigenvalue weighted by atomic mass is 32.1. The van der Waals surface area contributed by atoms with E-state index in [0.29, 0.717) is 17.8 Å². The van der Waals surface area contributed by atoms with Gasteiger partial charge < -0.3 is 10.8 Å². The monoisotopic (exact) mass is 335 g/mol. The summed E-state index contributed by atoms with van der Waals surface area (Å²) in [4.78, 5) is 14.2. The summed E-state index contributed by atoms with van der Waals surface area (Å²) in [5, 5.41) is 27.9. The fourth-order valence-corrected chi connectivity index (χ4v) is 2.79. The first-order valence-corrected chi connectivity index (χ1v) is 7.88. The van der Waals surface area contributed by atoms with Crippen molar-refractivity contribution in [2.24, 2.45) is 10.2 Å². The van der Waals surface area contributed by atoms with E-state index < -0.39 is 4.92 Å². The van der Waals surface area contributed by atoms with E-state index in [1.807, 2.05) is 13.0 Å². The number of nitro groups is 1. The van der Waals surface area contributed by atoms with Crippen LogP contribution in [0.4, 0.5) is 22.2 Å². The molecule has 0 aliphatic rings. The molecule has 3 N–H and O–H groups in total. The molecule has 0 spiro atoms. The maximum atomic E-state index is 10.9. The Balaban J connectivity index is 2.44. The van der Waals surface area contributed by atoms with Gasteiger partial charge in [0.15, 0.2) is 0 Å². The zero-order valence-corrected chi connectivity index (χ0v) is 13.6. The minimum atomic E-state index is -0.533. The summed E-state index contributed by atoms with van der Waals surface area (Å²) in [6.07, 6.45) is 1.21. The van der Waals surface area contributed by atoms with Gasteiger partial charge in [-0.2, -0.15) is 0 Å². The highest BCUT2D eigenvalue weighted by Crippen LogP contribution is 2.35. The van der Waals surface area contributed by atoms with Crippen LogP contribution in [-0.4, -0.2) is 21.6 Å². The molecule has 9 heteroatoms. The highest BCUT2D eigenvalue weighted by molar-refractivity contribution is 7.13. The van der Waals surface area contributed by atoms with E-state index in [0.717, 1.165) is 34.4 Å². The van der Waals surface area contributed by atoms with Gasteiger partial charge in [-0.15, -0.1) is 10.2 Å².